The van der Waals surface area contributed by atoms with Gasteiger partial charge >= 0.3 is 0 Å². The summed E-state index contributed by atoms with van der Waals surface area (Å²) < 4.78 is 6.69. The number of methoxy groups -OCH3 is 1. The fourth-order valence-corrected chi connectivity index (χ4v) is 2.61. The predicted octanol–water partition coefficient (Wildman–Crippen LogP) is 4.78. The second kappa shape index (κ2) is 6.28. The molecule has 0 bridgehead atoms. The second-order valence-electron chi connectivity index (χ2n) is 4.59. The van der Waals surface area contributed by atoms with Crippen LogP contribution < -0.4 is 10.1 Å². The number of hydrogen-bond acceptors (Lipinski definition) is 2. The zero-order chi connectivity index (χ0) is 13.8. The molecule has 0 aliphatic heterocycles. The minimum atomic E-state index is 0.200. The molecule has 2 aromatic carbocycles. The largest absolute Gasteiger partial charge is 0.496 e. The van der Waals surface area contributed by atoms with Crippen molar-refractivity contribution in [1.29, 1.82) is 0 Å². The van der Waals surface area contributed by atoms with Gasteiger partial charge in [0.25, 0.3) is 0 Å². The van der Waals surface area contributed by atoms with Crippen molar-refractivity contribution in [3.05, 3.63) is 57.2 Å². The van der Waals surface area contributed by atoms with Gasteiger partial charge in [0.2, 0.25) is 0 Å². The number of rotatable bonds is 4. The lowest BCUT2D eigenvalue weighted by Crippen LogP contribution is -2.09. The van der Waals surface area contributed by atoms with Crippen LogP contribution in [-0.4, -0.2) is 7.11 Å². The Balaban J connectivity index is 2.25. The lowest BCUT2D eigenvalue weighted by atomic mass is 10.0. The average Bonchev–Trinajstić information content (AvgIpc) is 2.41. The summed E-state index contributed by atoms with van der Waals surface area (Å²) in [6.07, 6.45) is 0. The molecule has 0 saturated carbocycles. The van der Waals surface area contributed by atoms with Crippen LogP contribution in [0.3, 0.4) is 0 Å². The summed E-state index contributed by atoms with van der Waals surface area (Å²) >= 11 is 2.34. The van der Waals surface area contributed by atoms with E-state index in [2.05, 4.69) is 72.1 Å². The Hall–Kier alpha value is -1.23. The van der Waals surface area contributed by atoms with Crippen LogP contribution in [-0.2, 0) is 0 Å². The van der Waals surface area contributed by atoms with Gasteiger partial charge in [-0.25, -0.2) is 0 Å². The van der Waals surface area contributed by atoms with Gasteiger partial charge in [-0.05, 0) is 60.2 Å². The smallest absolute Gasteiger partial charge is 0.124 e. The summed E-state index contributed by atoms with van der Waals surface area (Å²) in [5, 5.41) is 3.53. The third-order valence-corrected chi connectivity index (χ3v) is 4.04. The molecule has 2 rings (SSSR count). The molecular formula is C16H18INO. The van der Waals surface area contributed by atoms with E-state index in [0.29, 0.717) is 0 Å². The van der Waals surface area contributed by atoms with E-state index in [1.807, 2.05) is 12.1 Å². The van der Waals surface area contributed by atoms with E-state index >= 15 is 0 Å². The fourth-order valence-electron chi connectivity index (χ4n) is 2.07. The van der Waals surface area contributed by atoms with Crippen molar-refractivity contribution in [3.8, 4) is 5.75 Å². The summed E-state index contributed by atoms with van der Waals surface area (Å²) in [4.78, 5) is 0. The summed E-state index contributed by atoms with van der Waals surface area (Å²) in [5.74, 6) is 0.936. The van der Waals surface area contributed by atoms with Gasteiger partial charge in [0.1, 0.15) is 5.75 Å². The minimum Gasteiger partial charge on any atom is -0.496 e. The van der Waals surface area contributed by atoms with Crippen molar-refractivity contribution in [2.75, 3.05) is 12.4 Å². The van der Waals surface area contributed by atoms with Gasteiger partial charge in [0.05, 0.1) is 13.2 Å². The van der Waals surface area contributed by atoms with Crippen molar-refractivity contribution in [2.24, 2.45) is 0 Å². The van der Waals surface area contributed by atoms with E-state index in [-0.39, 0.29) is 6.04 Å². The average molecular weight is 367 g/mol. The van der Waals surface area contributed by atoms with Gasteiger partial charge in [-0.2, -0.15) is 0 Å². The Bertz CT molecular complexity index is 568. The second-order valence-corrected chi connectivity index (χ2v) is 5.75. The number of benzene rings is 2. The van der Waals surface area contributed by atoms with Crippen LogP contribution in [0.15, 0.2) is 42.5 Å². The van der Waals surface area contributed by atoms with Crippen molar-refractivity contribution >= 4 is 28.3 Å². The highest BCUT2D eigenvalue weighted by molar-refractivity contribution is 14.1. The number of anilines is 1. The first-order valence-corrected chi connectivity index (χ1v) is 7.35. The molecule has 2 nitrogen and oxygen atoms in total. The van der Waals surface area contributed by atoms with Gasteiger partial charge in [-0.3, -0.25) is 0 Å². The Labute approximate surface area is 128 Å². The van der Waals surface area contributed by atoms with Crippen LogP contribution in [0, 0.1) is 10.5 Å². The normalized spacial score (nSPS) is 12.0. The first-order valence-electron chi connectivity index (χ1n) is 6.27. The molecule has 3 heteroatoms. The number of nitrogens with one attached hydrogen (secondary N) is 1. The maximum absolute atomic E-state index is 5.47. The summed E-state index contributed by atoms with van der Waals surface area (Å²) in [6, 6.07) is 14.8. The van der Waals surface area contributed by atoms with Gasteiger partial charge in [0, 0.05) is 14.8 Å². The Morgan fingerprint density at radius 2 is 1.89 bits per heavy atom. The lowest BCUT2D eigenvalue weighted by molar-refractivity contribution is 0.407. The number of ether oxygens (including phenoxy) is 1. The Morgan fingerprint density at radius 3 is 2.58 bits per heavy atom. The van der Waals surface area contributed by atoms with Crippen LogP contribution in [0.2, 0.25) is 0 Å². The number of aryl methyl sites for hydroxylation is 1. The van der Waals surface area contributed by atoms with E-state index in [9.17, 15) is 0 Å². The zero-order valence-electron chi connectivity index (χ0n) is 11.4. The minimum absolute atomic E-state index is 0.200. The van der Waals surface area contributed by atoms with Crippen molar-refractivity contribution in [3.63, 3.8) is 0 Å². The highest BCUT2D eigenvalue weighted by Crippen LogP contribution is 2.30. The topological polar surface area (TPSA) is 21.3 Å². The van der Waals surface area contributed by atoms with Gasteiger partial charge < -0.3 is 10.1 Å². The van der Waals surface area contributed by atoms with E-state index in [0.717, 1.165) is 11.4 Å². The highest BCUT2D eigenvalue weighted by Gasteiger charge is 2.12. The SMILES string of the molecule is COc1cc(C)ccc1C(C)Nc1ccccc1I. The molecule has 1 atom stereocenters. The molecule has 19 heavy (non-hydrogen) atoms. The third-order valence-electron chi connectivity index (χ3n) is 3.10. The van der Waals surface area contributed by atoms with Gasteiger partial charge in [0.15, 0.2) is 0 Å². The maximum Gasteiger partial charge on any atom is 0.124 e. The standard InChI is InChI=1S/C16H18INO/c1-11-8-9-13(16(10-11)19-3)12(2)18-15-7-5-4-6-14(15)17/h4-10,12,18H,1-3H3. The molecule has 1 N–H and O–H groups in total. The summed E-state index contributed by atoms with van der Waals surface area (Å²) in [7, 11) is 1.72. The maximum atomic E-state index is 5.47. The van der Waals surface area contributed by atoms with Crippen LogP contribution in [0.4, 0.5) is 5.69 Å². The van der Waals surface area contributed by atoms with Crippen molar-refractivity contribution in [1.82, 2.24) is 0 Å². The van der Waals surface area contributed by atoms with Gasteiger partial charge in [-0.1, -0.05) is 24.3 Å². The molecule has 0 heterocycles. The van der Waals surface area contributed by atoms with Crippen LogP contribution >= 0.6 is 22.6 Å². The van der Waals surface area contributed by atoms with Crippen LogP contribution in [0.1, 0.15) is 24.1 Å². The fraction of sp³-hybridized carbons (Fsp3) is 0.250. The summed E-state index contributed by atoms with van der Waals surface area (Å²) in [5.41, 5.74) is 3.54. The Kier molecular flexibility index (Phi) is 4.69. The molecule has 100 valence electrons. The molecule has 0 aromatic heterocycles. The van der Waals surface area contributed by atoms with E-state index < -0.39 is 0 Å². The lowest BCUT2D eigenvalue weighted by Gasteiger charge is -2.19. The molecule has 2 aromatic rings. The molecule has 0 saturated heterocycles. The first-order chi connectivity index (χ1) is 9.11. The predicted molar refractivity (Wildman–Crippen MR) is 88.9 cm³/mol. The van der Waals surface area contributed by atoms with Crippen LogP contribution in [0.25, 0.3) is 0 Å². The third kappa shape index (κ3) is 3.41. The van der Waals surface area contributed by atoms with Gasteiger partial charge in [-0.15, -0.1) is 0 Å². The zero-order valence-corrected chi connectivity index (χ0v) is 13.6. The first kappa shape index (κ1) is 14.2. The summed E-state index contributed by atoms with van der Waals surface area (Å²) in [6.45, 7) is 4.22. The monoisotopic (exact) mass is 367 g/mol. The quantitative estimate of drug-likeness (QED) is 0.786. The number of halogens is 1. The Morgan fingerprint density at radius 1 is 1.16 bits per heavy atom. The van der Waals surface area contributed by atoms with E-state index in [1.54, 1.807) is 7.11 Å². The van der Waals surface area contributed by atoms with E-state index in [1.165, 1.54) is 14.7 Å². The van der Waals surface area contributed by atoms with E-state index in [4.69, 9.17) is 4.74 Å². The molecule has 0 aliphatic rings. The van der Waals surface area contributed by atoms with Crippen molar-refractivity contribution in [2.45, 2.75) is 19.9 Å². The molecule has 0 spiro atoms. The van der Waals surface area contributed by atoms with Crippen LogP contribution in [0.5, 0.6) is 5.75 Å². The highest BCUT2D eigenvalue weighted by atomic mass is 127. The number of hydrogen-bond donors (Lipinski definition) is 1. The molecule has 0 radical (unpaired) electrons. The number of para-hydroxylation sites is 1. The molecule has 1 unspecified atom stereocenters. The molecule has 0 aliphatic carbocycles. The molecular weight excluding hydrogens is 349 g/mol. The molecule has 0 fully saturated rings. The van der Waals surface area contributed by atoms with Crippen molar-refractivity contribution < 1.29 is 4.74 Å². The molecule has 0 amide bonds.